The van der Waals surface area contributed by atoms with Crippen molar-refractivity contribution >= 4 is 5.78 Å². The summed E-state index contributed by atoms with van der Waals surface area (Å²) >= 11 is 0. The van der Waals surface area contributed by atoms with Crippen LogP contribution in [0, 0.1) is 0 Å². The lowest BCUT2D eigenvalue weighted by Crippen LogP contribution is -2.12. The number of hydrogen-bond acceptors (Lipinski definition) is 4. The number of nitrogens with two attached hydrogens (primary N) is 1. The zero-order chi connectivity index (χ0) is 13.5. The third-order valence-corrected chi connectivity index (χ3v) is 2.47. The van der Waals surface area contributed by atoms with Crippen LogP contribution in [0.5, 0.6) is 0 Å². The van der Waals surface area contributed by atoms with Crippen molar-refractivity contribution < 1.29 is 27.8 Å². The molecule has 3 N–H and O–H groups in total. The Morgan fingerprint density at radius 3 is 2.50 bits per heavy atom. The first-order valence-corrected chi connectivity index (χ1v) is 4.87. The first-order valence-electron chi connectivity index (χ1n) is 4.87. The molecule has 18 heavy (non-hydrogen) atoms. The van der Waals surface area contributed by atoms with Gasteiger partial charge in [0.25, 0.3) is 0 Å². The first kappa shape index (κ1) is 12.3. The van der Waals surface area contributed by atoms with E-state index in [2.05, 4.69) is 0 Å². The van der Waals surface area contributed by atoms with Crippen LogP contribution in [0.25, 0.3) is 0 Å². The lowest BCUT2D eigenvalue weighted by atomic mass is 10.0. The first-order chi connectivity index (χ1) is 8.30. The average molecular weight is 259 g/mol. The summed E-state index contributed by atoms with van der Waals surface area (Å²) in [7, 11) is 0. The van der Waals surface area contributed by atoms with Crippen molar-refractivity contribution in [3.8, 4) is 0 Å². The Hall–Kier alpha value is -2.18. The van der Waals surface area contributed by atoms with Gasteiger partial charge in [0.2, 0.25) is 17.4 Å². The van der Waals surface area contributed by atoms with E-state index in [9.17, 15) is 23.1 Å². The summed E-state index contributed by atoms with van der Waals surface area (Å²) in [5.41, 5.74) is 4.27. The maximum Gasteiger partial charge on any atom is 0.416 e. The van der Waals surface area contributed by atoms with Gasteiger partial charge in [0.15, 0.2) is 6.10 Å². The van der Waals surface area contributed by atoms with Crippen molar-refractivity contribution in [1.29, 1.82) is 0 Å². The van der Waals surface area contributed by atoms with Gasteiger partial charge >= 0.3 is 6.18 Å². The van der Waals surface area contributed by atoms with E-state index in [1.807, 2.05) is 0 Å². The zero-order valence-electron chi connectivity index (χ0n) is 8.86. The van der Waals surface area contributed by atoms with Crippen LogP contribution in [-0.4, -0.2) is 10.9 Å². The van der Waals surface area contributed by atoms with Crippen LogP contribution in [0.3, 0.4) is 0 Å². The van der Waals surface area contributed by atoms with Gasteiger partial charge in [0, 0.05) is 5.56 Å². The van der Waals surface area contributed by atoms with Crippen molar-refractivity contribution in [1.82, 2.24) is 0 Å². The SMILES string of the molecule is NC1=C(O)C(=O)C(c2cccc(C(F)(F)F)c2)O1. The molecule has 0 spiro atoms. The van der Waals surface area contributed by atoms with Crippen LogP contribution < -0.4 is 5.73 Å². The number of ether oxygens (including phenoxy) is 1. The number of carbonyl (C=O) groups excluding carboxylic acids is 1. The van der Waals surface area contributed by atoms with Crippen LogP contribution in [0.1, 0.15) is 17.2 Å². The monoisotopic (exact) mass is 259 g/mol. The molecule has 0 saturated heterocycles. The fraction of sp³-hybridized carbons (Fsp3) is 0.182. The molecule has 4 nitrogen and oxygen atoms in total. The highest BCUT2D eigenvalue weighted by molar-refractivity contribution is 5.99. The molecule has 1 aromatic carbocycles. The third kappa shape index (κ3) is 1.99. The fourth-order valence-electron chi connectivity index (χ4n) is 1.58. The average Bonchev–Trinajstić information content (AvgIpc) is 2.56. The smallest absolute Gasteiger partial charge is 0.416 e. The van der Waals surface area contributed by atoms with Crippen LogP contribution in [0.15, 0.2) is 35.9 Å². The molecule has 1 atom stereocenters. The number of carbonyl (C=O) groups is 1. The molecule has 0 amide bonds. The van der Waals surface area contributed by atoms with Gasteiger partial charge in [-0.3, -0.25) is 4.79 Å². The number of ketones is 1. The van der Waals surface area contributed by atoms with E-state index in [0.717, 1.165) is 18.2 Å². The Kier molecular flexibility index (Phi) is 2.68. The number of aliphatic hydroxyl groups excluding tert-OH is 1. The summed E-state index contributed by atoms with van der Waals surface area (Å²) in [4.78, 5) is 11.5. The minimum atomic E-state index is -4.52. The molecule has 1 heterocycles. The summed E-state index contributed by atoms with van der Waals surface area (Å²) < 4.78 is 42.3. The highest BCUT2D eigenvalue weighted by Crippen LogP contribution is 2.34. The molecule has 0 radical (unpaired) electrons. The number of hydrogen-bond donors (Lipinski definition) is 2. The Balaban J connectivity index is 2.35. The van der Waals surface area contributed by atoms with E-state index in [4.69, 9.17) is 10.5 Å². The summed E-state index contributed by atoms with van der Waals surface area (Å²) in [6, 6.07) is 4.11. The van der Waals surface area contributed by atoms with Gasteiger partial charge in [-0.1, -0.05) is 12.1 Å². The second-order valence-electron chi connectivity index (χ2n) is 3.70. The minimum absolute atomic E-state index is 0.0122. The van der Waals surface area contributed by atoms with Crippen LogP contribution >= 0.6 is 0 Å². The molecule has 2 rings (SSSR count). The predicted molar refractivity (Wildman–Crippen MR) is 54.1 cm³/mol. The number of alkyl halides is 3. The highest BCUT2D eigenvalue weighted by Gasteiger charge is 2.37. The number of Topliss-reactive ketones (excluding diaryl/α,β-unsaturated/α-hetero) is 1. The van der Waals surface area contributed by atoms with E-state index in [-0.39, 0.29) is 5.56 Å². The lowest BCUT2D eigenvalue weighted by Gasteiger charge is -2.12. The summed E-state index contributed by atoms with van der Waals surface area (Å²) in [6.07, 6.45) is -5.84. The van der Waals surface area contributed by atoms with Crippen molar-refractivity contribution in [3.63, 3.8) is 0 Å². The van der Waals surface area contributed by atoms with Gasteiger partial charge in [-0.05, 0) is 12.1 Å². The standard InChI is InChI=1S/C11H8F3NO3/c12-11(13,14)6-3-1-2-5(4-6)9-7(16)8(17)10(15)18-9/h1-4,9,17H,15H2. The maximum absolute atomic E-state index is 12.5. The van der Waals surface area contributed by atoms with E-state index in [1.54, 1.807) is 0 Å². The summed E-state index contributed by atoms with van der Waals surface area (Å²) in [5.74, 6) is -2.10. The van der Waals surface area contributed by atoms with Gasteiger partial charge in [-0.25, -0.2) is 0 Å². The number of benzene rings is 1. The van der Waals surface area contributed by atoms with Crippen LogP contribution in [0.2, 0.25) is 0 Å². The molecule has 1 unspecified atom stereocenters. The molecular weight excluding hydrogens is 251 g/mol. The fourth-order valence-corrected chi connectivity index (χ4v) is 1.58. The van der Waals surface area contributed by atoms with Crippen molar-refractivity contribution in [2.24, 2.45) is 5.73 Å². The van der Waals surface area contributed by atoms with Gasteiger partial charge in [0.05, 0.1) is 5.56 Å². The molecule has 0 aliphatic carbocycles. The van der Waals surface area contributed by atoms with Crippen LogP contribution in [0.4, 0.5) is 13.2 Å². The van der Waals surface area contributed by atoms with Gasteiger partial charge < -0.3 is 15.6 Å². The van der Waals surface area contributed by atoms with Crippen molar-refractivity contribution in [2.75, 3.05) is 0 Å². The Bertz CT molecular complexity index is 537. The number of aliphatic hydroxyl groups is 1. The van der Waals surface area contributed by atoms with Crippen molar-refractivity contribution in [2.45, 2.75) is 12.3 Å². The molecule has 0 saturated carbocycles. The van der Waals surface area contributed by atoms with Crippen LogP contribution in [-0.2, 0) is 15.7 Å². The number of rotatable bonds is 1. The minimum Gasteiger partial charge on any atom is -0.501 e. The zero-order valence-corrected chi connectivity index (χ0v) is 8.86. The van der Waals surface area contributed by atoms with Crippen molar-refractivity contribution in [3.05, 3.63) is 47.0 Å². The highest BCUT2D eigenvalue weighted by atomic mass is 19.4. The second kappa shape index (κ2) is 3.94. The number of halogens is 3. The Labute approximate surface area is 99.5 Å². The predicted octanol–water partition coefficient (Wildman–Crippen LogP) is 2.03. The van der Waals surface area contributed by atoms with E-state index < -0.39 is 35.3 Å². The molecule has 0 bridgehead atoms. The molecule has 1 aromatic rings. The third-order valence-electron chi connectivity index (χ3n) is 2.47. The summed E-state index contributed by atoms with van der Waals surface area (Å²) in [6.45, 7) is 0. The molecule has 1 aliphatic heterocycles. The Morgan fingerprint density at radius 2 is 2.00 bits per heavy atom. The van der Waals surface area contributed by atoms with E-state index in [0.29, 0.717) is 0 Å². The maximum atomic E-state index is 12.5. The van der Waals surface area contributed by atoms with Gasteiger partial charge in [0.1, 0.15) is 0 Å². The quantitative estimate of drug-likeness (QED) is 0.809. The normalized spacial score (nSPS) is 20.2. The van der Waals surface area contributed by atoms with Gasteiger partial charge in [-0.2, -0.15) is 13.2 Å². The Morgan fingerprint density at radius 1 is 1.33 bits per heavy atom. The van der Waals surface area contributed by atoms with E-state index >= 15 is 0 Å². The summed E-state index contributed by atoms with van der Waals surface area (Å²) in [5, 5.41) is 9.18. The molecular formula is C11H8F3NO3. The molecule has 0 aromatic heterocycles. The molecule has 7 heteroatoms. The molecule has 0 fully saturated rings. The second-order valence-corrected chi connectivity index (χ2v) is 3.70. The molecule has 1 aliphatic rings. The topological polar surface area (TPSA) is 72.5 Å². The van der Waals surface area contributed by atoms with E-state index in [1.165, 1.54) is 6.07 Å². The van der Waals surface area contributed by atoms with Gasteiger partial charge in [-0.15, -0.1) is 0 Å². The lowest BCUT2D eigenvalue weighted by molar-refractivity contribution is -0.137. The largest absolute Gasteiger partial charge is 0.501 e. The molecule has 96 valence electrons.